The van der Waals surface area contributed by atoms with Crippen molar-refractivity contribution in [3.63, 3.8) is 0 Å². The molecule has 2 aromatic heterocycles. The van der Waals surface area contributed by atoms with E-state index in [-0.39, 0.29) is 43.0 Å². The van der Waals surface area contributed by atoms with Crippen LogP contribution in [0, 0.1) is 5.92 Å². The molecular formula is C26H30F6N8O3. The Balaban J connectivity index is 1.17. The Labute approximate surface area is 241 Å². The lowest BCUT2D eigenvalue weighted by atomic mass is 9.94. The molecule has 0 radical (unpaired) electrons. The minimum absolute atomic E-state index is 0.0666. The lowest BCUT2D eigenvalue weighted by Gasteiger charge is -2.47. The molecule has 0 saturated carbocycles. The van der Waals surface area contributed by atoms with Crippen LogP contribution in [0.2, 0.25) is 0 Å². The Morgan fingerprint density at radius 1 is 1.07 bits per heavy atom. The third-order valence-electron chi connectivity index (χ3n) is 8.13. The van der Waals surface area contributed by atoms with Crippen molar-refractivity contribution in [3.05, 3.63) is 39.9 Å². The second-order valence-electron chi connectivity index (χ2n) is 11.1. The van der Waals surface area contributed by atoms with E-state index in [1.54, 1.807) is 21.8 Å². The van der Waals surface area contributed by atoms with Crippen LogP contribution >= 0.6 is 0 Å². The molecular weight excluding hydrogens is 586 g/mol. The number of anilines is 3. The number of H-pyrrole nitrogens is 1. The summed E-state index contributed by atoms with van der Waals surface area (Å²) < 4.78 is 79.7. The fraction of sp³-hybridized carbons (Fsp3) is 0.577. The van der Waals surface area contributed by atoms with Gasteiger partial charge in [-0.15, -0.1) is 0 Å². The minimum atomic E-state index is -4.85. The zero-order valence-corrected chi connectivity index (χ0v) is 23.3. The summed E-state index contributed by atoms with van der Waals surface area (Å²) in [6.07, 6.45) is -6.77. The van der Waals surface area contributed by atoms with E-state index in [4.69, 9.17) is 0 Å². The summed E-state index contributed by atoms with van der Waals surface area (Å²) in [5.74, 6) is -0.583. The van der Waals surface area contributed by atoms with Gasteiger partial charge in [-0.05, 0) is 38.9 Å². The number of rotatable bonds is 5. The van der Waals surface area contributed by atoms with E-state index in [1.165, 1.54) is 7.05 Å². The Bertz CT molecular complexity index is 1440. The van der Waals surface area contributed by atoms with Gasteiger partial charge in [-0.3, -0.25) is 14.4 Å². The van der Waals surface area contributed by atoms with Crippen LogP contribution in [0.1, 0.15) is 30.9 Å². The van der Waals surface area contributed by atoms with Crippen molar-refractivity contribution >= 4 is 29.0 Å². The first kappa shape index (κ1) is 30.6. The minimum Gasteiger partial charge on any atom is -0.379 e. The van der Waals surface area contributed by atoms with Gasteiger partial charge in [-0.2, -0.15) is 31.4 Å². The van der Waals surface area contributed by atoms with Crippen LogP contribution in [0.3, 0.4) is 0 Å². The summed E-state index contributed by atoms with van der Waals surface area (Å²) in [6, 6.07) is -0.320. The van der Waals surface area contributed by atoms with Crippen LogP contribution in [0.15, 0.2) is 23.3 Å². The number of piperidine rings is 1. The van der Waals surface area contributed by atoms with Crippen LogP contribution in [-0.4, -0.2) is 95.2 Å². The van der Waals surface area contributed by atoms with Gasteiger partial charge in [0.1, 0.15) is 11.6 Å². The van der Waals surface area contributed by atoms with Crippen LogP contribution in [-0.2, 0) is 21.9 Å². The molecule has 2 saturated heterocycles. The molecule has 0 aliphatic carbocycles. The van der Waals surface area contributed by atoms with E-state index in [1.807, 2.05) is 4.90 Å². The summed E-state index contributed by atoms with van der Waals surface area (Å²) in [4.78, 5) is 48.7. The van der Waals surface area contributed by atoms with E-state index in [0.717, 1.165) is 23.4 Å². The Kier molecular flexibility index (Phi) is 8.04. The first-order valence-corrected chi connectivity index (χ1v) is 13.7. The number of hydrogen-bond donors (Lipinski definition) is 2. The third-order valence-corrected chi connectivity index (χ3v) is 8.13. The van der Waals surface area contributed by atoms with Gasteiger partial charge >= 0.3 is 12.4 Å². The van der Waals surface area contributed by atoms with Crippen LogP contribution < -0.4 is 20.7 Å². The fourth-order valence-corrected chi connectivity index (χ4v) is 5.97. The number of halogens is 6. The number of nitrogens with one attached hydrogen (secondary N) is 2. The molecule has 234 valence electrons. The molecule has 3 aliphatic heterocycles. The molecule has 5 rings (SSSR count). The van der Waals surface area contributed by atoms with Gasteiger partial charge in [0.2, 0.25) is 5.91 Å². The van der Waals surface area contributed by atoms with Crippen molar-refractivity contribution in [3.8, 4) is 0 Å². The molecule has 0 aromatic carbocycles. The molecule has 2 fully saturated rings. The van der Waals surface area contributed by atoms with Crippen LogP contribution in [0.5, 0.6) is 0 Å². The van der Waals surface area contributed by atoms with Gasteiger partial charge in [0, 0.05) is 44.8 Å². The number of aromatic amines is 1. The number of piperazine rings is 1. The number of pyridine rings is 1. The highest BCUT2D eigenvalue weighted by molar-refractivity contribution is 6.05. The predicted octanol–water partition coefficient (Wildman–Crippen LogP) is 2.41. The van der Waals surface area contributed by atoms with E-state index in [9.17, 15) is 40.7 Å². The third kappa shape index (κ3) is 6.12. The average Bonchev–Trinajstić information content (AvgIpc) is 2.94. The first-order valence-electron chi connectivity index (χ1n) is 13.7. The number of alkyl halides is 6. The first-order chi connectivity index (χ1) is 20.1. The molecule has 2 amide bonds. The summed E-state index contributed by atoms with van der Waals surface area (Å²) in [6.45, 7) is 3.69. The Morgan fingerprint density at radius 2 is 1.77 bits per heavy atom. The molecule has 0 spiro atoms. The predicted molar refractivity (Wildman–Crippen MR) is 142 cm³/mol. The number of carbonyl (C=O) groups is 2. The van der Waals surface area contributed by atoms with Crippen molar-refractivity contribution in [1.82, 2.24) is 25.0 Å². The number of likely N-dealkylation sites (tertiary alicyclic amines) is 1. The van der Waals surface area contributed by atoms with Gasteiger partial charge < -0.3 is 24.9 Å². The highest BCUT2D eigenvalue weighted by Crippen LogP contribution is 2.39. The number of likely N-dealkylation sites (N-methyl/N-ethyl adjacent to an activating group) is 1. The van der Waals surface area contributed by atoms with Gasteiger partial charge in [0.25, 0.3) is 11.5 Å². The van der Waals surface area contributed by atoms with Crippen molar-refractivity contribution in [2.24, 2.45) is 5.92 Å². The maximum atomic E-state index is 13.4. The second-order valence-corrected chi connectivity index (χ2v) is 11.1. The maximum absolute atomic E-state index is 13.4. The van der Waals surface area contributed by atoms with Gasteiger partial charge in [0.15, 0.2) is 5.82 Å². The summed E-state index contributed by atoms with van der Waals surface area (Å²) in [7, 11) is 1.39. The fourth-order valence-electron chi connectivity index (χ4n) is 5.97. The highest BCUT2D eigenvalue weighted by atomic mass is 19.4. The second kappa shape index (κ2) is 11.3. The lowest BCUT2D eigenvalue weighted by molar-refractivity contribution is -0.139. The molecule has 17 heteroatoms. The number of aromatic nitrogens is 3. The summed E-state index contributed by atoms with van der Waals surface area (Å²) in [5.41, 5.74) is -3.96. The number of fused-ring (bicyclic) bond motifs is 3. The van der Waals surface area contributed by atoms with Crippen molar-refractivity contribution < 1.29 is 35.9 Å². The van der Waals surface area contributed by atoms with E-state index >= 15 is 0 Å². The monoisotopic (exact) mass is 616 g/mol. The zero-order chi connectivity index (χ0) is 31.3. The quantitative estimate of drug-likeness (QED) is 0.493. The van der Waals surface area contributed by atoms with Crippen LogP contribution in [0.25, 0.3) is 0 Å². The molecule has 5 heterocycles. The maximum Gasteiger partial charge on any atom is 0.423 e. The van der Waals surface area contributed by atoms with E-state index in [0.29, 0.717) is 32.5 Å². The topological polar surface area (TPSA) is 118 Å². The number of nitrogens with zero attached hydrogens (tertiary/aromatic N) is 6. The number of carbonyl (C=O) groups excluding carboxylic acids is 2. The molecule has 0 bridgehead atoms. The molecule has 11 nitrogen and oxygen atoms in total. The Morgan fingerprint density at radius 3 is 2.42 bits per heavy atom. The smallest absolute Gasteiger partial charge is 0.379 e. The van der Waals surface area contributed by atoms with Gasteiger partial charge in [-0.25, -0.2) is 10.1 Å². The lowest BCUT2D eigenvalue weighted by Crippen LogP contribution is -2.64. The van der Waals surface area contributed by atoms with Crippen molar-refractivity contribution in [1.29, 1.82) is 0 Å². The molecule has 3 aliphatic rings. The number of hydrogen-bond acceptors (Lipinski definition) is 8. The van der Waals surface area contributed by atoms with Gasteiger partial charge in [0.05, 0.1) is 29.7 Å². The molecule has 43 heavy (non-hydrogen) atoms. The van der Waals surface area contributed by atoms with Crippen molar-refractivity contribution in [2.75, 3.05) is 61.4 Å². The molecule has 1 unspecified atom stereocenters. The molecule has 2 atom stereocenters. The summed E-state index contributed by atoms with van der Waals surface area (Å²) >= 11 is 0. The molecule has 2 aromatic rings. The van der Waals surface area contributed by atoms with E-state index < -0.39 is 52.7 Å². The summed E-state index contributed by atoms with van der Waals surface area (Å²) in [5, 5.41) is 7.98. The zero-order valence-electron chi connectivity index (χ0n) is 23.3. The molecule has 2 N–H and O–H groups in total. The van der Waals surface area contributed by atoms with Crippen molar-refractivity contribution in [2.45, 2.75) is 44.2 Å². The highest BCUT2D eigenvalue weighted by Gasteiger charge is 2.44. The van der Waals surface area contributed by atoms with Gasteiger partial charge in [-0.1, -0.05) is 0 Å². The number of amides is 2. The largest absolute Gasteiger partial charge is 0.423 e. The normalized spacial score (nSPS) is 21.0. The van der Waals surface area contributed by atoms with Crippen LogP contribution in [0.4, 0.5) is 43.5 Å². The SMILES string of the molecule is C[C@@H](CN1CCC(C(=O)N2CCN3c4ncc(C(F)(F)F)cc4N(C)C(=O)C3C2)CC1)Nc1cn[nH]c(=O)c1C(F)(F)F. The average molecular weight is 617 g/mol. The standard InChI is InChI=1S/C26H30F6N8O3/c1-14(35-17-11-34-36-22(41)20(17)26(30,31)32)12-38-5-3-15(4-6-38)23(42)39-7-8-40-19(13-39)24(43)37(2)18-9-16(25(27,28)29)10-33-21(18)40/h9-11,14-15,19H,3-8,12-13H2,1-2H3,(H2,35,36,41)/t14-,19?/m0/s1. The van der Waals surface area contributed by atoms with E-state index in [2.05, 4.69) is 15.4 Å². The Hall–Kier alpha value is -3.89.